The lowest BCUT2D eigenvalue weighted by Gasteiger charge is -2.41. The third-order valence-electron chi connectivity index (χ3n) is 17.3. The number of aliphatic hydroxyl groups excluding tert-OH is 1. The van der Waals surface area contributed by atoms with Gasteiger partial charge in [0.1, 0.15) is 66.5 Å². The molecule has 0 unspecified atom stereocenters. The molecule has 1 heterocycles. The number of nitrogens with zero attached hydrogens (tertiary/aromatic N) is 8. The van der Waals surface area contributed by atoms with Crippen molar-refractivity contribution < 1.29 is 62.6 Å². The molecule has 518 valence electrons. The fraction of sp³-hybridized carbons (Fsp3) is 0.788. The molecule has 14 atom stereocenters. The van der Waals surface area contributed by atoms with Crippen LogP contribution in [0.3, 0.4) is 0 Å². The van der Waals surface area contributed by atoms with Crippen LogP contribution in [0.1, 0.15) is 169 Å². The Labute approximate surface area is 543 Å². The van der Waals surface area contributed by atoms with Crippen molar-refractivity contribution >= 4 is 65.0 Å². The molecule has 1 aliphatic rings. The molecule has 0 aromatic rings. The van der Waals surface area contributed by atoms with Crippen LogP contribution >= 0.6 is 0 Å². The number of rotatable bonds is 19. The van der Waals surface area contributed by atoms with Crippen LogP contribution in [0.25, 0.3) is 0 Å². The fourth-order valence-electron chi connectivity index (χ4n) is 11.4. The normalized spacial score (nSPS) is 26.9. The third-order valence-corrected chi connectivity index (χ3v) is 17.3. The number of carbonyl (C=O) groups is 11. The second kappa shape index (κ2) is 38.4. The Bertz CT molecular complexity index is 2540. The Morgan fingerprint density at radius 1 is 0.505 bits per heavy atom. The van der Waals surface area contributed by atoms with Crippen molar-refractivity contribution in [2.45, 2.75) is 248 Å². The van der Waals surface area contributed by atoms with E-state index in [9.17, 15) is 43.5 Å². The number of ether oxygens (including phenoxy) is 1. The molecule has 5 N–H and O–H groups in total. The van der Waals surface area contributed by atoms with Gasteiger partial charge in [-0.05, 0) is 115 Å². The Morgan fingerprint density at radius 2 is 0.967 bits per heavy atom. The minimum absolute atomic E-state index is 0.0227. The first-order valence-corrected chi connectivity index (χ1v) is 32.6. The molecule has 1 rings (SSSR count). The molecular formula is C66H116N12O13. The van der Waals surface area contributed by atoms with E-state index in [-0.39, 0.29) is 62.9 Å². The molecule has 11 amide bonds. The standard InChI is InChI=1S/C66H116N12O13/c1-25-27-31-42(13)55(79)54-59(83)70-47(26-2)62(86)72(18)45(16)61(85)77(23)53(46(17)91-33-30-28-29-32-67)58(82)71-51(40(9)10)65(89)73(19)48(34-37(3)4)57(81)68-43(14)56(80)69-44(15)60(84)74(20)49(35-38(5)6)63(87)75(21)50(36-39(7)8)64(88)76(22)52(41(11)12)66(90)78(54)24/h25,27,37-55,79H,26,28-31,33-36H2,1-24H3,(H,68,81)(H,69,80)(H,70,83)(H,71,82)/b27-25+/t42-,43+,44+,45-,46-,47+,48-,49+,50-,51+,52+,53+,54+,55-/m1/s1. The van der Waals surface area contributed by atoms with Gasteiger partial charge >= 0.3 is 0 Å². The highest BCUT2D eigenvalue weighted by Gasteiger charge is 2.46. The number of aliphatic hydroxyl groups is 1. The van der Waals surface area contributed by atoms with E-state index in [1.54, 1.807) is 67.5 Å². The number of nitriles is 1. The Morgan fingerprint density at radius 3 is 1.45 bits per heavy atom. The molecule has 1 aliphatic heterocycles. The molecule has 25 nitrogen and oxygen atoms in total. The summed E-state index contributed by atoms with van der Waals surface area (Å²) in [6.07, 6.45) is 2.85. The molecule has 0 bridgehead atoms. The quantitative estimate of drug-likeness (QED) is 0.0910. The van der Waals surface area contributed by atoms with Gasteiger partial charge in [0.2, 0.25) is 65.0 Å². The van der Waals surface area contributed by atoms with Crippen molar-refractivity contribution in [3.63, 3.8) is 0 Å². The van der Waals surface area contributed by atoms with Crippen molar-refractivity contribution in [3.05, 3.63) is 12.2 Å². The van der Waals surface area contributed by atoms with Gasteiger partial charge in [0.25, 0.3) is 0 Å². The molecule has 0 aromatic carbocycles. The summed E-state index contributed by atoms with van der Waals surface area (Å²) in [7, 11) is 9.77. The van der Waals surface area contributed by atoms with Crippen molar-refractivity contribution in [3.8, 4) is 6.07 Å². The van der Waals surface area contributed by atoms with Crippen LogP contribution < -0.4 is 21.3 Å². The highest BCUT2D eigenvalue weighted by Crippen LogP contribution is 2.26. The predicted molar refractivity (Wildman–Crippen MR) is 348 cm³/mol. The molecular weight excluding hydrogens is 1170 g/mol. The summed E-state index contributed by atoms with van der Waals surface area (Å²) in [6, 6.07) is -12.2. The topological polar surface area (TPSA) is 312 Å². The molecule has 0 spiro atoms. The van der Waals surface area contributed by atoms with Crippen LogP contribution in [0.15, 0.2) is 12.2 Å². The summed E-state index contributed by atoms with van der Waals surface area (Å²) in [5.41, 5.74) is 0. The van der Waals surface area contributed by atoms with Gasteiger partial charge in [-0.15, -0.1) is 0 Å². The van der Waals surface area contributed by atoms with Gasteiger partial charge in [-0.1, -0.05) is 95.2 Å². The van der Waals surface area contributed by atoms with Gasteiger partial charge in [0, 0.05) is 62.4 Å². The zero-order valence-corrected chi connectivity index (χ0v) is 59.4. The Kier molecular flexibility index (Phi) is 34.7. The smallest absolute Gasteiger partial charge is 0.246 e. The molecule has 0 aromatic heterocycles. The molecule has 25 heteroatoms. The number of amides is 11. The first kappa shape index (κ1) is 82.3. The summed E-state index contributed by atoms with van der Waals surface area (Å²) in [5.74, 6) is -10.3. The maximum atomic E-state index is 15.2. The maximum absolute atomic E-state index is 15.2. The van der Waals surface area contributed by atoms with E-state index in [2.05, 4.69) is 27.3 Å². The van der Waals surface area contributed by atoms with Crippen LogP contribution in [0.2, 0.25) is 0 Å². The lowest BCUT2D eigenvalue weighted by molar-refractivity contribution is -0.157. The van der Waals surface area contributed by atoms with E-state index in [4.69, 9.17) is 10.00 Å². The second-order valence-corrected chi connectivity index (χ2v) is 27.0. The second-order valence-electron chi connectivity index (χ2n) is 27.0. The van der Waals surface area contributed by atoms with E-state index < -0.39 is 161 Å². The average Bonchev–Trinajstić information content (AvgIpc) is 0.869. The molecule has 91 heavy (non-hydrogen) atoms. The van der Waals surface area contributed by atoms with Crippen LogP contribution in [0.5, 0.6) is 0 Å². The van der Waals surface area contributed by atoms with Gasteiger partial charge in [-0.3, -0.25) is 52.7 Å². The van der Waals surface area contributed by atoms with Crippen molar-refractivity contribution in [2.75, 3.05) is 55.9 Å². The highest BCUT2D eigenvalue weighted by molar-refractivity contribution is 6.00. The summed E-state index contributed by atoms with van der Waals surface area (Å²) in [6.45, 7) is 29.0. The van der Waals surface area contributed by atoms with Gasteiger partial charge in [0.05, 0.1) is 18.3 Å². The summed E-state index contributed by atoms with van der Waals surface area (Å²) >= 11 is 0. The van der Waals surface area contributed by atoms with E-state index in [0.717, 1.165) is 14.7 Å². The van der Waals surface area contributed by atoms with E-state index in [1.165, 1.54) is 89.7 Å². The summed E-state index contributed by atoms with van der Waals surface area (Å²) in [4.78, 5) is 171. The van der Waals surface area contributed by atoms with Crippen molar-refractivity contribution in [1.29, 1.82) is 5.26 Å². The first-order valence-electron chi connectivity index (χ1n) is 32.6. The summed E-state index contributed by atoms with van der Waals surface area (Å²) < 4.78 is 6.15. The zero-order chi connectivity index (χ0) is 70.4. The van der Waals surface area contributed by atoms with Crippen LogP contribution in [-0.2, 0) is 57.5 Å². The SMILES string of the molecule is C/C=C/C[C@@H](C)[C@@H](O)[C@H]1C(=O)N[C@@H](CC)C(=O)N(C)[C@H](C)C(=O)N(C)[C@@H]([C@@H](C)OCCCCC#N)C(=O)N[C@@H](C(C)C)C(=O)N(C)[C@H](CC(C)C)C(=O)N[C@@H](C)C(=O)N[C@@H](C)C(=O)N(C)[C@@H](CC(C)C)C(=O)N(C)[C@H](CC(C)C)C(=O)N(C)[C@@H](C(C)C)C(=O)N1C. The minimum atomic E-state index is -1.65. The van der Waals surface area contributed by atoms with Crippen molar-refractivity contribution in [2.24, 2.45) is 35.5 Å². The number of hydrogen-bond acceptors (Lipinski definition) is 14. The van der Waals surface area contributed by atoms with Gasteiger partial charge < -0.3 is 65.4 Å². The zero-order valence-electron chi connectivity index (χ0n) is 59.4. The van der Waals surface area contributed by atoms with Crippen LogP contribution in [-0.4, -0.2) is 239 Å². The number of allylic oxidation sites excluding steroid dienone is 2. The summed E-state index contributed by atoms with van der Waals surface area (Å²) in [5, 5.41) is 32.3. The maximum Gasteiger partial charge on any atom is 0.246 e. The van der Waals surface area contributed by atoms with E-state index in [0.29, 0.717) is 12.8 Å². The van der Waals surface area contributed by atoms with Crippen LogP contribution in [0, 0.1) is 46.8 Å². The van der Waals surface area contributed by atoms with Crippen molar-refractivity contribution in [1.82, 2.24) is 55.6 Å². The molecule has 0 aliphatic carbocycles. The number of carbonyl (C=O) groups excluding carboxylic acids is 11. The lowest BCUT2D eigenvalue weighted by Crippen LogP contribution is -2.64. The van der Waals surface area contributed by atoms with E-state index in [1.807, 2.05) is 41.5 Å². The highest BCUT2D eigenvalue weighted by atomic mass is 16.5. The number of likely N-dealkylation sites (N-methyl/N-ethyl adjacent to an activating group) is 7. The average molecular weight is 1290 g/mol. The monoisotopic (exact) mass is 1280 g/mol. The molecule has 0 radical (unpaired) electrons. The Hall–Kier alpha value is -6.68. The number of nitrogens with one attached hydrogen (secondary N) is 4. The fourth-order valence-corrected chi connectivity index (χ4v) is 11.4. The molecule has 1 saturated heterocycles. The van der Waals surface area contributed by atoms with Gasteiger partial charge in [-0.2, -0.15) is 5.26 Å². The van der Waals surface area contributed by atoms with Crippen LogP contribution in [0.4, 0.5) is 0 Å². The largest absolute Gasteiger partial charge is 0.390 e. The first-order chi connectivity index (χ1) is 42.2. The lowest BCUT2D eigenvalue weighted by atomic mass is 9.91. The molecule has 1 fully saturated rings. The predicted octanol–water partition coefficient (Wildman–Crippen LogP) is 3.71. The number of hydrogen-bond donors (Lipinski definition) is 5. The Balaban J connectivity index is 4.44. The third kappa shape index (κ3) is 23.1. The minimum Gasteiger partial charge on any atom is -0.390 e. The van der Waals surface area contributed by atoms with E-state index >= 15 is 14.4 Å². The molecule has 0 saturated carbocycles. The van der Waals surface area contributed by atoms with Gasteiger partial charge in [-0.25, -0.2) is 0 Å². The number of unbranched alkanes of at least 4 members (excludes halogenated alkanes) is 2. The van der Waals surface area contributed by atoms with Gasteiger partial charge in [0.15, 0.2) is 0 Å².